The van der Waals surface area contributed by atoms with Gasteiger partial charge in [0.1, 0.15) is 0 Å². The summed E-state index contributed by atoms with van der Waals surface area (Å²) in [5.74, 6) is 0. The van der Waals surface area contributed by atoms with E-state index in [1.54, 1.807) is 13.4 Å². The molecule has 0 spiro atoms. The van der Waals surface area contributed by atoms with E-state index in [0.717, 1.165) is 24.2 Å². The molecule has 24 heavy (non-hydrogen) atoms. The van der Waals surface area contributed by atoms with Crippen LogP contribution >= 0.6 is 11.6 Å². The Morgan fingerprint density at radius 2 is 1.88 bits per heavy atom. The van der Waals surface area contributed by atoms with Crippen molar-refractivity contribution in [3.8, 4) is 0 Å². The molecule has 5 heteroatoms. The molecule has 2 rings (SSSR count). The first-order valence-corrected chi connectivity index (χ1v) is 11.2. The molecule has 0 bridgehead atoms. The van der Waals surface area contributed by atoms with Crippen molar-refractivity contribution < 1.29 is 8.95 Å². The number of hydrogen-bond donors (Lipinski definition) is 0. The molecule has 0 aliphatic heterocycles. The van der Waals surface area contributed by atoms with E-state index in [1.807, 2.05) is 48.5 Å². The molecule has 0 saturated heterocycles. The molecular weight excluding hydrogens is 407 g/mol. The molecule has 128 valence electrons. The molecule has 2 aromatic carbocycles. The van der Waals surface area contributed by atoms with Gasteiger partial charge in [0.15, 0.2) is 0 Å². The summed E-state index contributed by atoms with van der Waals surface area (Å²) < 4.78 is 19.4. The van der Waals surface area contributed by atoms with Crippen molar-refractivity contribution in [1.82, 2.24) is 0 Å². The van der Waals surface area contributed by atoms with Gasteiger partial charge in [-0.05, 0) is 0 Å². The van der Waals surface area contributed by atoms with Gasteiger partial charge in [-0.1, -0.05) is 0 Å². The van der Waals surface area contributed by atoms with Crippen molar-refractivity contribution in [2.45, 2.75) is 28.3 Å². The Morgan fingerprint density at radius 1 is 1.17 bits per heavy atom. The van der Waals surface area contributed by atoms with Crippen LogP contribution < -0.4 is 4.46 Å². The van der Waals surface area contributed by atoms with Crippen LogP contribution in [0.25, 0.3) is 0 Å². The van der Waals surface area contributed by atoms with Gasteiger partial charge in [0.2, 0.25) is 0 Å². The zero-order chi connectivity index (χ0) is 17.2. The molecule has 0 amide bonds. The fourth-order valence-electron chi connectivity index (χ4n) is 2.18. The van der Waals surface area contributed by atoms with Gasteiger partial charge < -0.3 is 0 Å². The average Bonchev–Trinajstić information content (AvgIpc) is 2.61. The number of allylic oxidation sites excluding steroid dienone is 1. The van der Waals surface area contributed by atoms with Gasteiger partial charge in [0.05, 0.1) is 0 Å². The minimum atomic E-state index is -1.10. The topological polar surface area (TPSA) is 26.3 Å². The number of rotatable bonds is 9. The predicted octanol–water partition coefficient (Wildman–Crippen LogP) is 4.13. The molecule has 0 N–H and O–H groups in total. The molecule has 2 aromatic rings. The zero-order valence-corrected chi connectivity index (χ0v) is 16.8. The van der Waals surface area contributed by atoms with E-state index < -0.39 is 10.8 Å². The fourth-order valence-corrected chi connectivity index (χ4v) is 7.44. The summed E-state index contributed by atoms with van der Waals surface area (Å²) in [4.78, 5) is 0.745. The number of methoxy groups -OCH3 is 1. The van der Waals surface area contributed by atoms with Crippen molar-refractivity contribution in [3.63, 3.8) is 0 Å². The zero-order valence-electron chi connectivity index (χ0n) is 13.6. The molecule has 2 atom stereocenters. The average molecular weight is 428 g/mol. The van der Waals surface area contributed by atoms with Crippen molar-refractivity contribution in [3.05, 3.63) is 72.0 Å². The molecule has 0 aliphatic rings. The molecule has 0 saturated carbocycles. The molecular formula is C19H21ClO2SSe. The quantitative estimate of drug-likeness (QED) is 0.341. The van der Waals surface area contributed by atoms with Gasteiger partial charge in [0.25, 0.3) is 0 Å². The van der Waals surface area contributed by atoms with Gasteiger partial charge in [-0.3, -0.25) is 0 Å². The monoisotopic (exact) mass is 428 g/mol. The van der Waals surface area contributed by atoms with E-state index in [0.29, 0.717) is 5.02 Å². The molecule has 2 unspecified atom stereocenters. The Balaban J connectivity index is 2.10. The first-order chi connectivity index (χ1) is 11.7. The predicted molar refractivity (Wildman–Crippen MR) is 103 cm³/mol. The number of unbranched alkanes of at least 4 members (excludes halogenated alkanes) is 1. The number of hydrogen-bond acceptors (Lipinski definition) is 2. The third-order valence-electron chi connectivity index (χ3n) is 3.35. The normalized spacial score (nSPS) is 13.8. The van der Waals surface area contributed by atoms with Crippen molar-refractivity contribution in [2.75, 3.05) is 7.11 Å². The summed E-state index contributed by atoms with van der Waals surface area (Å²) >= 11 is 6.39. The summed E-state index contributed by atoms with van der Waals surface area (Å²) in [6.45, 7) is 0. The van der Waals surface area contributed by atoms with Gasteiger partial charge in [-0.25, -0.2) is 0 Å². The van der Waals surface area contributed by atoms with Crippen molar-refractivity contribution in [1.29, 1.82) is 0 Å². The van der Waals surface area contributed by atoms with E-state index in [2.05, 4.69) is 12.1 Å². The minimum absolute atomic E-state index is 0.107. The van der Waals surface area contributed by atoms with Gasteiger partial charge in [-0.2, -0.15) is 0 Å². The Hall–Kier alpha value is -1.06. The van der Waals surface area contributed by atoms with Crippen molar-refractivity contribution in [2.24, 2.45) is 0 Å². The summed E-state index contributed by atoms with van der Waals surface area (Å²) in [6.07, 6.45) is 6.51. The van der Waals surface area contributed by atoms with Crippen LogP contribution in [0.4, 0.5) is 0 Å². The second-order valence-electron chi connectivity index (χ2n) is 5.13. The first kappa shape index (κ1) is 19.3. The van der Waals surface area contributed by atoms with E-state index >= 15 is 0 Å². The van der Waals surface area contributed by atoms with Crippen LogP contribution in [-0.4, -0.2) is 30.4 Å². The van der Waals surface area contributed by atoms with Crippen LogP contribution in [-0.2, 0) is 15.5 Å². The van der Waals surface area contributed by atoms with Crippen molar-refractivity contribution >= 4 is 41.8 Å². The van der Waals surface area contributed by atoms with E-state index in [-0.39, 0.29) is 19.1 Å². The Labute approximate surface area is 157 Å². The summed E-state index contributed by atoms with van der Waals surface area (Å²) in [5.41, 5.74) is 0. The van der Waals surface area contributed by atoms with Crippen LogP contribution in [0.3, 0.4) is 0 Å². The summed E-state index contributed by atoms with van der Waals surface area (Å²) in [7, 11) is 0.543. The molecule has 2 nitrogen and oxygen atoms in total. The first-order valence-electron chi connectivity index (χ1n) is 7.77. The van der Waals surface area contributed by atoms with Crippen LogP contribution in [0.1, 0.15) is 19.3 Å². The molecule has 0 aromatic heterocycles. The van der Waals surface area contributed by atoms with E-state index in [4.69, 9.17) is 16.3 Å². The third kappa shape index (κ3) is 6.10. The van der Waals surface area contributed by atoms with Crippen LogP contribution in [0, 0.1) is 0 Å². The number of ether oxygens (including phenoxy) is 1. The maximum absolute atomic E-state index is 13.1. The van der Waals surface area contributed by atoms with E-state index in [1.165, 1.54) is 4.46 Å². The van der Waals surface area contributed by atoms with Gasteiger partial charge in [-0.15, -0.1) is 0 Å². The Morgan fingerprint density at radius 3 is 2.58 bits per heavy atom. The van der Waals surface area contributed by atoms with E-state index in [9.17, 15) is 4.21 Å². The van der Waals surface area contributed by atoms with Crippen LogP contribution in [0.15, 0.2) is 71.8 Å². The second kappa shape index (κ2) is 10.7. The van der Waals surface area contributed by atoms with Crippen LogP contribution in [0.2, 0.25) is 5.02 Å². The second-order valence-corrected chi connectivity index (χ2v) is 10.5. The molecule has 0 radical (unpaired) electrons. The summed E-state index contributed by atoms with van der Waals surface area (Å²) in [5, 5.41) is 0.587. The van der Waals surface area contributed by atoms with Crippen LogP contribution in [0.5, 0.6) is 0 Å². The number of halogens is 1. The Kier molecular flexibility index (Phi) is 8.62. The van der Waals surface area contributed by atoms with Gasteiger partial charge in [0, 0.05) is 0 Å². The SMILES string of the molecule is CO/C=C\CCCC([Se]c1ccccc1)S(=O)c1ccccc1Cl. The molecule has 0 fully saturated rings. The standard InChI is InChI=1S/C19H21ClO2SSe/c1-22-15-9-3-6-14-19(24-16-10-4-2-5-11-16)23(21)18-13-8-7-12-17(18)20/h2,4-5,7-13,15,19H,3,6,14H2,1H3/b15-9-. The van der Waals surface area contributed by atoms with Gasteiger partial charge >= 0.3 is 158 Å². The maximum atomic E-state index is 13.1. The fraction of sp³-hybridized carbons (Fsp3) is 0.263. The molecule has 0 aliphatic carbocycles. The summed E-state index contributed by atoms with van der Waals surface area (Å²) in [6, 6.07) is 17.8. The number of benzene rings is 2. The molecule has 0 heterocycles. The Bertz CT molecular complexity index is 676. The third-order valence-corrected chi connectivity index (χ3v) is 9.08.